The lowest BCUT2D eigenvalue weighted by Gasteiger charge is -2.42. The molecule has 1 aliphatic carbocycles. The second kappa shape index (κ2) is 4.07. The number of pyridine rings is 1. The molecule has 2 rings (SSSR count). The Balaban J connectivity index is 2.13. The number of aromatic nitrogens is 1. The Morgan fingerprint density at radius 3 is 2.86 bits per heavy atom. The Hall–Kier alpha value is -0.280. The molecule has 76 valence electrons. The van der Waals surface area contributed by atoms with Crippen LogP contribution >= 0.6 is 27.5 Å². The first kappa shape index (κ1) is 10.2. The van der Waals surface area contributed by atoms with Crippen molar-refractivity contribution in [2.75, 3.05) is 11.2 Å². The van der Waals surface area contributed by atoms with E-state index in [4.69, 9.17) is 11.6 Å². The van der Waals surface area contributed by atoms with Gasteiger partial charge in [0.2, 0.25) is 0 Å². The van der Waals surface area contributed by atoms with Crippen molar-refractivity contribution in [1.29, 1.82) is 0 Å². The fourth-order valence-electron chi connectivity index (χ4n) is 1.66. The van der Waals surface area contributed by atoms with Crippen molar-refractivity contribution in [3.8, 4) is 0 Å². The van der Waals surface area contributed by atoms with E-state index in [9.17, 15) is 0 Å². The molecule has 1 saturated carbocycles. The predicted molar refractivity (Wildman–Crippen MR) is 62.9 cm³/mol. The van der Waals surface area contributed by atoms with Crippen LogP contribution in [0, 0.1) is 0 Å². The van der Waals surface area contributed by atoms with E-state index in [1.54, 1.807) is 12.4 Å². The topological polar surface area (TPSA) is 24.9 Å². The highest BCUT2D eigenvalue weighted by atomic mass is 79.9. The molecular formula is C10H12BrClN2. The van der Waals surface area contributed by atoms with Crippen molar-refractivity contribution in [2.24, 2.45) is 0 Å². The molecule has 1 N–H and O–H groups in total. The molecule has 0 saturated heterocycles. The van der Waals surface area contributed by atoms with Crippen molar-refractivity contribution in [2.45, 2.75) is 24.8 Å². The van der Waals surface area contributed by atoms with Gasteiger partial charge in [0.15, 0.2) is 0 Å². The summed E-state index contributed by atoms with van der Waals surface area (Å²) >= 11 is 9.43. The highest BCUT2D eigenvalue weighted by Gasteiger charge is 2.36. The average molecular weight is 276 g/mol. The second-order valence-electron chi connectivity index (χ2n) is 3.75. The van der Waals surface area contributed by atoms with Gasteiger partial charge >= 0.3 is 0 Å². The predicted octanol–water partition coefficient (Wildman–Crippen LogP) is 3.42. The number of rotatable bonds is 3. The summed E-state index contributed by atoms with van der Waals surface area (Å²) < 4.78 is 0.997. The van der Waals surface area contributed by atoms with Gasteiger partial charge in [0.05, 0.1) is 15.7 Å². The first-order valence-corrected chi connectivity index (χ1v) is 6.02. The van der Waals surface area contributed by atoms with Gasteiger partial charge in [-0.2, -0.15) is 0 Å². The zero-order valence-corrected chi connectivity index (χ0v) is 10.1. The van der Waals surface area contributed by atoms with E-state index in [1.807, 2.05) is 6.07 Å². The van der Waals surface area contributed by atoms with E-state index in [-0.39, 0.29) is 5.54 Å². The van der Waals surface area contributed by atoms with Crippen molar-refractivity contribution >= 4 is 33.2 Å². The smallest absolute Gasteiger partial charge is 0.0590 e. The molecule has 0 spiro atoms. The highest BCUT2D eigenvalue weighted by molar-refractivity contribution is 9.10. The summed E-state index contributed by atoms with van der Waals surface area (Å²) in [5, 5.41) is 3.49. The quantitative estimate of drug-likeness (QED) is 0.855. The van der Waals surface area contributed by atoms with Gasteiger partial charge in [-0.1, -0.05) is 0 Å². The summed E-state index contributed by atoms with van der Waals surface area (Å²) in [5.41, 5.74) is 1.20. The summed E-state index contributed by atoms with van der Waals surface area (Å²) in [6.07, 6.45) is 7.16. The normalized spacial score (nSPS) is 18.7. The maximum atomic E-state index is 5.97. The van der Waals surface area contributed by atoms with E-state index in [0.717, 1.165) is 23.0 Å². The van der Waals surface area contributed by atoms with E-state index in [1.165, 1.54) is 6.42 Å². The largest absolute Gasteiger partial charge is 0.377 e. The Labute approximate surface area is 97.2 Å². The minimum absolute atomic E-state index is 0.116. The standard InChI is InChI=1S/C10H12BrClN2/c11-8-6-13-5-2-9(8)14-10(7-12)3-1-4-10/h2,5-6H,1,3-4,7H2,(H,13,14). The first-order chi connectivity index (χ1) is 6.76. The summed E-state index contributed by atoms with van der Waals surface area (Å²) in [4.78, 5) is 4.02. The molecule has 1 aliphatic rings. The fraction of sp³-hybridized carbons (Fsp3) is 0.500. The number of alkyl halides is 1. The lowest BCUT2D eigenvalue weighted by molar-refractivity contribution is 0.311. The summed E-state index contributed by atoms with van der Waals surface area (Å²) in [7, 11) is 0. The molecule has 1 fully saturated rings. The molecule has 1 aromatic rings. The van der Waals surface area contributed by atoms with Crippen LogP contribution in [0.2, 0.25) is 0 Å². The summed E-state index contributed by atoms with van der Waals surface area (Å²) in [6.45, 7) is 0. The molecule has 0 amide bonds. The van der Waals surface area contributed by atoms with Crippen molar-refractivity contribution in [3.05, 3.63) is 22.9 Å². The zero-order valence-electron chi connectivity index (χ0n) is 7.76. The van der Waals surface area contributed by atoms with E-state index in [2.05, 4.69) is 26.2 Å². The van der Waals surface area contributed by atoms with Gasteiger partial charge in [-0.25, -0.2) is 0 Å². The summed E-state index contributed by atoms with van der Waals surface area (Å²) in [5.74, 6) is 0.668. The lowest BCUT2D eigenvalue weighted by Crippen LogP contribution is -2.46. The van der Waals surface area contributed by atoms with Gasteiger partial charge in [0.1, 0.15) is 0 Å². The number of nitrogens with one attached hydrogen (secondary N) is 1. The summed E-state index contributed by atoms with van der Waals surface area (Å²) in [6, 6.07) is 1.97. The van der Waals surface area contributed by atoms with Crippen LogP contribution in [-0.2, 0) is 0 Å². The molecule has 0 bridgehead atoms. The maximum Gasteiger partial charge on any atom is 0.0590 e. The van der Waals surface area contributed by atoms with Crippen LogP contribution in [0.3, 0.4) is 0 Å². The number of hydrogen-bond donors (Lipinski definition) is 1. The van der Waals surface area contributed by atoms with Crippen LogP contribution in [0.5, 0.6) is 0 Å². The van der Waals surface area contributed by atoms with Crippen LogP contribution in [-0.4, -0.2) is 16.4 Å². The van der Waals surface area contributed by atoms with Crippen molar-refractivity contribution in [1.82, 2.24) is 4.98 Å². The molecule has 0 aliphatic heterocycles. The third-order valence-electron chi connectivity index (χ3n) is 2.74. The van der Waals surface area contributed by atoms with Crippen molar-refractivity contribution < 1.29 is 0 Å². The molecule has 4 heteroatoms. The van der Waals surface area contributed by atoms with Gasteiger partial charge < -0.3 is 5.32 Å². The van der Waals surface area contributed by atoms with Gasteiger partial charge in [-0.15, -0.1) is 11.6 Å². The van der Waals surface area contributed by atoms with Gasteiger partial charge in [-0.05, 0) is 41.3 Å². The van der Waals surface area contributed by atoms with Crippen LogP contribution in [0.25, 0.3) is 0 Å². The number of hydrogen-bond acceptors (Lipinski definition) is 2. The van der Waals surface area contributed by atoms with Gasteiger partial charge in [0, 0.05) is 18.3 Å². The minimum atomic E-state index is 0.116. The average Bonchev–Trinajstić information content (AvgIpc) is 2.14. The van der Waals surface area contributed by atoms with Gasteiger partial charge in [-0.3, -0.25) is 4.98 Å². The molecule has 14 heavy (non-hydrogen) atoms. The second-order valence-corrected chi connectivity index (χ2v) is 4.87. The monoisotopic (exact) mass is 274 g/mol. The van der Waals surface area contributed by atoms with E-state index >= 15 is 0 Å². The van der Waals surface area contributed by atoms with Crippen LogP contribution in [0.15, 0.2) is 22.9 Å². The van der Waals surface area contributed by atoms with Crippen molar-refractivity contribution in [3.63, 3.8) is 0 Å². The third kappa shape index (κ3) is 1.89. The molecule has 1 heterocycles. The highest BCUT2D eigenvalue weighted by Crippen LogP contribution is 2.37. The molecule has 0 aromatic carbocycles. The molecule has 1 aromatic heterocycles. The maximum absolute atomic E-state index is 5.97. The molecule has 0 unspecified atom stereocenters. The molecule has 0 radical (unpaired) electrons. The number of anilines is 1. The SMILES string of the molecule is ClCC1(Nc2ccncc2Br)CCC1. The molecular weight excluding hydrogens is 263 g/mol. The third-order valence-corrected chi connectivity index (χ3v) is 3.88. The van der Waals surface area contributed by atoms with Crippen LogP contribution in [0.4, 0.5) is 5.69 Å². The number of nitrogens with zero attached hydrogens (tertiary/aromatic N) is 1. The minimum Gasteiger partial charge on any atom is -0.377 e. The zero-order chi connectivity index (χ0) is 10.0. The fourth-order valence-corrected chi connectivity index (χ4v) is 2.34. The Morgan fingerprint density at radius 2 is 2.36 bits per heavy atom. The number of halogens is 2. The Morgan fingerprint density at radius 1 is 1.57 bits per heavy atom. The van der Waals surface area contributed by atoms with Crippen LogP contribution < -0.4 is 5.32 Å². The van der Waals surface area contributed by atoms with Gasteiger partial charge in [0.25, 0.3) is 0 Å². The molecule has 0 atom stereocenters. The Kier molecular flexibility index (Phi) is 2.98. The first-order valence-electron chi connectivity index (χ1n) is 4.69. The Bertz CT molecular complexity index is 320. The van der Waals surface area contributed by atoms with Crippen LogP contribution in [0.1, 0.15) is 19.3 Å². The lowest BCUT2D eigenvalue weighted by atomic mass is 9.78. The van der Waals surface area contributed by atoms with E-state index in [0.29, 0.717) is 5.88 Å². The molecule has 2 nitrogen and oxygen atoms in total. The van der Waals surface area contributed by atoms with E-state index < -0.39 is 0 Å².